The van der Waals surface area contributed by atoms with E-state index in [0.717, 1.165) is 28.8 Å². The lowest BCUT2D eigenvalue weighted by Gasteiger charge is -2.36. The first kappa shape index (κ1) is 23.7. The van der Waals surface area contributed by atoms with Crippen LogP contribution in [0, 0.1) is 17.6 Å². The van der Waals surface area contributed by atoms with E-state index in [1.54, 1.807) is 6.92 Å². The van der Waals surface area contributed by atoms with Crippen LogP contribution in [0.3, 0.4) is 0 Å². The van der Waals surface area contributed by atoms with Crippen molar-refractivity contribution < 1.29 is 28.2 Å². The lowest BCUT2D eigenvalue weighted by Crippen LogP contribution is -2.46. The summed E-state index contributed by atoms with van der Waals surface area (Å²) in [6.07, 6.45) is -1.03. The molecule has 3 N–H and O–H groups in total. The lowest BCUT2D eigenvalue weighted by molar-refractivity contribution is -0.118. The summed E-state index contributed by atoms with van der Waals surface area (Å²) < 4.78 is 33.1. The number of amidine groups is 1. The van der Waals surface area contributed by atoms with E-state index >= 15 is 0 Å². The Morgan fingerprint density at radius 1 is 1.39 bits per heavy atom. The van der Waals surface area contributed by atoms with Gasteiger partial charge in [-0.1, -0.05) is 43.5 Å². The van der Waals surface area contributed by atoms with Crippen LogP contribution in [0.5, 0.6) is 0 Å². The number of nitrogens with two attached hydrogens (primary N) is 1. The third-order valence-corrected chi connectivity index (χ3v) is 9.00. The topological polar surface area (TPSA) is 105 Å². The first-order chi connectivity index (χ1) is 14.3. The molecule has 2 amide bonds. The summed E-state index contributed by atoms with van der Waals surface area (Å²) in [5.74, 6) is -3.23. The maximum atomic E-state index is 14.7. The van der Waals surface area contributed by atoms with Crippen LogP contribution in [0.15, 0.2) is 23.2 Å². The molecular weight excluding hydrogens is 444 g/mol. The summed E-state index contributed by atoms with van der Waals surface area (Å²) in [6, 6.07) is 4.60. The number of benzene rings is 1. The molecule has 1 heterocycles. The van der Waals surface area contributed by atoms with Crippen LogP contribution in [0.2, 0.25) is 25.7 Å². The largest absolute Gasteiger partial charge is 0.465 e. The van der Waals surface area contributed by atoms with Gasteiger partial charge in [0.1, 0.15) is 11.5 Å². The minimum atomic E-state index is -1.37. The van der Waals surface area contributed by atoms with Gasteiger partial charge >= 0.3 is 6.09 Å². The van der Waals surface area contributed by atoms with Gasteiger partial charge in [-0.25, -0.2) is 18.5 Å². The monoisotopic (exact) mass is 471 g/mol. The fraction of sp³-hybridized carbons (Fsp3) is 0.550. The molecule has 7 nitrogen and oxygen atoms in total. The zero-order valence-electron chi connectivity index (χ0n) is 17.9. The quantitative estimate of drug-likeness (QED) is 0.357. The summed E-state index contributed by atoms with van der Waals surface area (Å²) >= 11 is 0.956. The molecule has 3 rings (SSSR count). The number of primary amides is 1. The van der Waals surface area contributed by atoms with Gasteiger partial charge in [0.25, 0.3) is 0 Å². The van der Waals surface area contributed by atoms with E-state index in [1.807, 2.05) is 0 Å². The molecular formula is C20H27F2N3O4SSi. The van der Waals surface area contributed by atoms with Crippen molar-refractivity contribution in [1.29, 1.82) is 0 Å². The molecule has 1 saturated carbocycles. The van der Waals surface area contributed by atoms with Crippen LogP contribution in [0.1, 0.15) is 18.9 Å². The van der Waals surface area contributed by atoms with E-state index in [0.29, 0.717) is 6.61 Å². The van der Waals surface area contributed by atoms with Crippen molar-refractivity contribution in [3.8, 4) is 0 Å². The van der Waals surface area contributed by atoms with E-state index in [1.165, 1.54) is 12.1 Å². The zero-order valence-corrected chi connectivity index (χ0v) is 19.8. The average molecular weight is 472 g/mol. The number of nitrogens with zero attached hydrogens (tertiary/aromatic N) is 2. The Morgan fingerprint density at radius 3 is 2.65 bits per heavy atom. The molecule has 1 fully saturated rings. The maximum Gasteiger partial charge on any atom is 0.415 e. The van der Waals surface area contributed by atoms with E-state index in [4.69, 9.17) is 10.5 Å². The van der Waals surface area contributed by atoms with Crippen LogP contribution < -0.4 is 5.73 Å². The molecule has 0 saturated heterocycles. The molecule has 0 unspecified atom stereocenters. The molecule has 0 bridgehead atoms. The molecule has 0 spiro atoms. The molecule has 170 valence electrons. The Morgan fingerprint density at radius 2 is 2.06 bits per heavy atom. The van der Waals surface area contributed by atoms with Gasteiger partial charge in [-0.15, -0.1) is 0 Å². The Labute approximate surface area is 185 Å². The number of carbonyl (C=O) groups excluding carboxylic acids is 1. The third kappa shape index (κ3) is 4.49. The number of aliphatic imine (C=N–C) groups is 1. The van der Waals surface area contributed by atoms with Crippen molar-refractivity contribution in [2.24, 2.45) is 16.6 Å². The van der Waals surface area contributed by atoms with Crippen LogP contribution in [0.25, 0.3) is 0 Å². The number of hydrogen-bond donors (Lipinski definition) is 2. The number of ether oxygens (including phenoxy) is 1. The number of amides is 2. The van der Waals surface area contributed by atoms with Gasteiger partial charge in [-0.05, 0) is 25.5 Å². The fourth-order valence-electron chi connectivity index (χ4n) is 3.78. The minimum Gasteiger partial charge on any atom is -0.465 e. The van der Waals surface area contributed by atoms with Crippen LogP contribution >= 0.6 is 11.8 Å². The van der Waals surface area contributed by atoms with Crippen molar-refractivity contribution in [2.45, 2.75) is 49.3 Å². The minimum absolute atomic E-state index is 0.0146. The molecule has 3 atom stereocenters. The molecule has 31 heavy (non-hydrogen) atoms. The fourth-order valence-corrected chi connectivity index (χ4v) is 6.06. The number of rotatable bonds is 7. The van der Waals surface area contributed by atoms with Gasteiger partial charge in [-0.3, -0.25) is 9.79 Å². The van der Waals surface area contributed by atoms with Crippen LogP contribution in [-0.4, -0.2) is 53.3 Å². The third-order valence-electron chi connectivity index (χ3n) is 5.78. The molecule has 1 aromatic rings. The number of carbonyl (C=O) groups is 2. The molecule has 0 radical (unpaired) electrons. The van der Waals surface area contributed by atoms with E-state index < -0.39 is 47.9 Å². The number of hydrogen-bond acceptors (Lipinski definition) is 5. The molecule has 2 aliphatic rings. The normalized spacial score (nSPS) is 27.3. The Balaban J connectivity index is 1.96. The summed E-state index contributed by atoms with van der Waals surface area (Å²) in [4.78, 5) is 29.7. The molecule has 0 aromatic heterocycles. The number of halogens is 2. The first-order valence-corrected chi connectivity index (χ1v) is 14.5. The number of carboxylic acid groups (broad SMARTS) is 1. The number of fused-ring (bicyclic) bond motifs is 1. The smallest absolute Gasteiger partial charge is 0.415 e. The Hall–Kier alpha value is -1.98. The van der Waals surface area contributed by atoms with Crippen molar-refractivity contribution >= 4 is 37.0 Å². The Bertz CT molecular complexity index is 941. The van der Waals surface area contributed by atoms with Crippen molar-refractivity contribution in [3.63, 3.8) is 0 Å². The van der Waals surface area contributed by atoms with Gasteiger partial charge in [0.05, 0.1) is 5.54 Å². The van der Waals surface area contributed by atoms with Gasteiger partial charge in [0, 0.05) is 26.2 Å². The predicted octanol–water partition coefficient (Wildman–Crippen LogP) is 3.82. The van der Waals surface area contributed by atoms with Crippen LogP contribution in [-0.2, 0) is 15.1 Å². The lowest BCUT2D eigenvalue weighted by atomic mass is 9.85. The second-order valence-corrected chi connectivity index (χ2v) is 16.2. The van der Waals surface area contributed by atoms with Gasteiger partial charge in [-0.2, -0.15) is 0 Å². The highest BCUT2D eigenvalue weighted by atomic mass is 32.2. The van der Waals surface area contributed by atoms with E-state index in [2.05, 4.69) is 24.6 Å². The second kappa shape index (κ2) is 8.17. The highest BCUT2D eigenvalue weighted by Crippen LogP contribution is 2.66. The predicted molar refractivity (Wildman–Crippen MR) is 118 cm³/mol. The number of thioether (sulfide) groups is 1. The van der Waals surface area contributed by atoms with Crippen molar-refractivity contribution in [2.75, 3.05) is 13.3 Å². The van der Waals surface area contributed by atoms with Gasteiger partial charge in [0.2, 0.25) is 5.91 Å². The highest BCUT2D eigenvalue weighted by molar-refractivity contribution is 8.16. The van der Waals surface area contributed by atoms with Crippen LogP contribution in [0.4, 0.5) is 13.6 Å². The maximum absolute atomic E-state index is 14.7. The molecule has 1 aliphatic carbocycles. The van der Waals surface area contributed by atoms with E-state index in [9.17, 15) is 23.5 Å². The van der Waals surface area contributed by atoms with Gasteiger partial charge < -0.3 is 15.6 Å². The van der Waals surface area contributed by atoms with Crippen molar-refractivity contribution in [3.05, 3.63) is 35.4 Å². The average Bonchev–Trinajstić information content (AvgIpc) is 3.40. The van der Waals surface area contributed by atoms with Crippen molar-refractivity contribution in [1.82, 2.24) is 4.90 Å². The first-order valence-electron chi connectivity index (χ1n) is 9.93. The SMILES string of the molecule is C[C@]1(c2cccc(F)c2F)N=C(N(COCC[Si](C)(C)C)C(=O)O)S[C@@]2(C(N)=O)C[C@H]21. The summed E-state index contributed by atoms with van der Waals surface area (Å²) in [5.41, 5.74) is 4.25. The van der Waals surface area contributed by atoms with Gasteiger partial charge in [0.15, 0.2) is 16.8 Å². The zero-order chi connectivity index (χ0) is 23.2. The molecule has 1 aromatic carbocycles. The molecule has 11 heteroatoms. The summed E-state index contributed by atoms with van der Waals surface area (Å²) in [6.45, 7) is 8.20. The Kier molecular flexibility index (Phi) is 6.24. The molecule has 1 aliphatic heterocycles. The highest BCUT2D eigenvalue weighted by Gasteiger charge is 2.70. The standard InChI is InChI=1S/C20H27F2N3O4SSi/c1-19(12-6-5-7-13(21)15(12)22)14-10-20(14,16(23)26)30-17(24-19)25(18(27)28)11-29-8-9-31(2,3)4/h5-7,14H,8-11H2,1-4H3,(H2,23,26)(H,27,28)/t14-,19+,20-/m0/s1. The summed E-state index contributed by atoms with van der Waals surface area (Å²) in [7, 11) is -1.37. The second-order valence-electron chi connectivity index (χ2n) is 9.31. The van der Waals surface area contributed by atoms with E-state index in [-0.39, 0.29) is 23.9 Å². The summed E-state index contributed by atoms with van der Waals surface area (Å²) in [5, 5.41) is 9.74.